The number of hydrogen-bond acceptors (Lipinski definition) is 5. The summed E-state index contributed by atoms with van der Waals surface area (Å²) in [4.78, 5) is 6.90. The van der Waals surface area contributed by atoms with Crippen molar-refractivity contribution in [2.75, 3.05) is 47.1 Å². The van der Waals surface area contributed by atoms with E-state index in [0.717, 1.165) is 31.9 Å². The monoisotopic (exact) mass is 398 g/mol. The molecule has 1 aliphatic rings. The maximum absolute atomic E-state index is 6.14. The van der Waals surface area contributed by atoms with Gasteiger partial charge in [0.2, 0.25) is 0 Å². The Morgan fingerprint density at radius 2 is 1.83 bits per heavy atom. The van der Waals surface area contributed by atoms with Crippen LogP contribution in [-0.4, -0.2) is 57.9 Å². The molecular weight excluding hydrogens is 368 g/mol. The zero-order valence-electron chi connectivity index (χ0n) is 17.1. The van der Waals surface area contributed by atoms with Gasteiger partial charge in [-0.3, -0.25) is 4.90 Å². The number of rotatable bonds is 8. The van der Waals surface area contributed by atoms with E-state index in [1.54, 1.807) is 14.2 Å². The van der Waals surface area contributed by atoms with E-state index in [0.29, 0.717) is 30.5 Å². The van der Waals surface area contributed by atoms with Gasteiger partial charge in [0.05, 0.1) is 40.0 Å². The van der Waals surface area contributed by atoms with E-state index in [-0.39, 0.29) is 6.04 Å². The first kappa shape index (κ1) is 21.0. The van der Waals surface area contributed by atoms with Crippen molar-refractivity contribution in [1.29, 1.82) is 0 Å². The van der Waals surface area contributed by atoms with Gasteiger partial charge in [0.15, 0.2) is 17.5 Å². The molecule has 1 saturated heterocycles. The number of methoxy groups -OCH3 is 2. The zero-order valence-corrected chi connectivity index (χ0v) is 17.1. The van der Waals surface area contributed by atoms with Gasteiger partial charge in [0.25, 0.3) is 0 Å². The molecule has 1 atom stereocenters. The molecule has 7 heteroatoms. The van der Waals surface area contributed by atoms with Crippen molar-refractivity contribution in [1.82, 2.24) is 10.2 Å². The van der Waals surface area contributed by atoms with Crippen molar-refractivity contribution in [2.24, 2.45) is 10.7 Å². The highest BCUT2D eigenvalue weighted by atomic mass is 16.5. The van der Waals surface area contributed by atoms with E-state index in [1.165, 1.54) is 5.56 Å². The SMILES string of the molecule is COc1ccc(CN=C(N)NCC(c2ccccc2)N2CCOCC2)cc1OC. The number of aliphatic imine (C=N–C) groups is 1. The predicted molar refractivity (Wildman–Crippen MR) is 114 cm³/mol. The fraction of sp³-hybridized carbons (Fsp3) is 0.409. The molecule has 3 N–H and O–H groups in total. The van der Waals surface area contributed by atoms with E-state index in [9.17, 15) is 0 Å². The fourth-order valence-corrected chi connectivity index (χ4v) is 3.43. The van der Waals surface area contributed by atoms with Crippen molar-refractivity contribution < 1.29 is 14.2 Å². The molecule has 2 aromatic carbocycles. The van der Waals surface area contributed by atoms with Crippen LogP contribution in [0.25, 0.3) is 0 Å². The molecule has 0 amide bonds. The third-order valence-electron chi connectivity index (χ3n) is 5.03. The molecule has 0 radical (unpaired) electrons. The number of nitrogens with one attached hydrogen (secondary N) is 1. The maximum Gasteiger partial charge on any atom is 0.188 e. The summed E-state index contributed by atoms with van der Waals surface area (Å²) in [5.41, 5.74) is 8.40. The summed E-state index contributed by atoms with van der Waals surface area (Å²) in [7, 11) is 3.24. The van der Waals surface area contributed by atoms with Crippen molar-refractivity contribution in [3.05, 3.63) is 59.7 Å². The van der Waals surface area contributed by atoms with E-state index >= 15 is 0 Å². The van der Waals surface area contributed by atoms with E-state index in [4.69, 9.17) is 19.9 Å². The number of ether oxygens (including phenoxy) is 3. The molecule has 7 nitrogen and oxygen atoms in total. The lowest BCUT2D eigenvalue weighted by molar-refractivity contribution is 0.0170. The molecule has 1 aliphatic heterocycles. The number of nitrogens with two attached hydrogens (primary N) is 1. The van der Waals surface area contributed by atoms with Crippen LogP contribution in [0.5, 0.6) is 11.5 Å². The van der Waals surface area contributed by atoms with Crippen LogP contribution in [-0.2, 0) is 11.3 Å². The van der Waals surface area contributed by atoms with Crippen LogP contribution in [0, 0.1) is 0 Å². The van der Waals surface area contributed by atoms with Gasteiger partial charge in [-0.2, -0.15) is 0 Å². The van der Waals surface area contributed by atoms with Gasteiger partial charge in [-0.1, -0.05) is 36.4 Å². The van der Waals surface area contributed by atoms with Gasteiger partial charge < -0.3 is 25.3 Å². The number of hydrogen-bond donors (Lipinski definition) is 2. The van der Waals surface area contributed by atoms with Crippen molar-refractivity contribution >= 4 is 5.96 Å². The van der Waals surface area contributed by atoms with Gasteiger partial charge in [-0.25, -0.2) is 4.99 Å². The lowest BCUT2D eigenvalue weighted by Gasteiger charge is -2.35. The minimum Gasteiger partial charge on any atom is -0.493 e. The molecule has 1 heterocycles. The summed E-state index contributed by atoms with van der Waals surface area (Å²) >= 11 is 0. The van der Waals surface area contributed by atoms with Crippen molar-refractivity contribution in [3.63, 3.8) is 0 Å². The standard InChI is InChI=1S/C22H30N4O3/c1-27-20-9-8-17(14-21(20)28-2)15-24-22(23)25-16-19(18-6-4-3-5-7-18)26-10-12-29-13-11-26/h3-9,14,19H,10-13,15-16H2,1-2H3,(H3,23,24,25). The molecule has 0 aliphatic carbocycles. The molecular formula is C22H30N4O3. The summed E-state index contributed by atoms with van der Waals surface area (Å²) in [5, 5.41) is 3.29. The minimum absolute atomic E-state index is 0.218. The Balaban J connectivity index is 1.62. The Hall–Kier alpha value is -2.77. The van der Waals surface area contributed by atoms with Crippen LogP contribution in [0.3, 0.4) is 0 Å². The number of benzene rings is 2. The van der Waals surface area contributed by atoms with Crippen LogP contribution in [0.4, 0.5) is 0 Å². The van der Waals surface area contributed by atoms with Crippen LogP contribution < -0.4 is 20.5 Å². The Morgan fingerprint density at radius 3 is 2.52 bits per heavy atom. The first-order chi connectivity index (χ1) is 14.2. The summed E-state index contributed by atoms with van der Waals surface area (Å²) in [5.74, 6) is 1.81. The molecule has 1 unspecified atom stereocenters. The van der Waals surface area contributed by atoms with Crippen molar-refractivity contribution in [3.8, 4) is 11.5 Å². The number of morpholine rings is 1. The topological polar surface area (TPSA) is 81.3 Å². The third kappa shape index (κ3) is 5.85. The lowest BCUT2D eigenvalue weighted by atomic mass is 10.0. The molecule has 29 heavy (non-hydrogen) atoms. The molecule has 0 spiro atoms. The molecule has 1 fully saturated rings. The lowest BCUT2D eigenvalue weighted by Crippen LogP contribution is -2.45. The molecule has 0 bridgehead atoms. The summed E-state index contributed by atoms with van der Waals surface area (Å²) in [6.45, 7) is 4.48. The van der Waals surface area contributed by atoms with Crippen LogP contribution >= 0.6 is 0 Å². The van der Waals surface area contributed by atoms with Gasteiger partial charge >= 0.3 is 0 Å². The highest BCUT2D eigenvalue weighted by Crippen LogP contribution is 2.27. The van der Waals surface area contributed by atoms with Crippen LogP contribution in [0.15, 0.2) is 53.5 Å². The minimum atomic E-state index is 0.218. The second kappa shape index (κ2) is 10.7. The van der Waals surface area contributed by atoms with Crippen LogP contribution in [0.2, 0.25) is 0 Å². The van der Waals surface area contributed by atoms with Gasteiger partial charge in [0.1, 0.15) is 0 Å². The summed E-state index contributed by atoms with van der Waals surface area (Å²) in [6, 6.07) is 16.4. The summed E-state index contributed by atoms with van der Waals surface area (Å²) < 4.78 is 16.1. The summed E-state index contributed by atoms with van der Waals surface area (Å²) in [6.07, 6.45) is 0. The molecule has 3 rings (SSSR count). The van der Waals surface area contributed by atoms with Crippen LogP contribution in [0.1, 0.15) is 17.2 Å². The highest BCUT2D eigenvalue weighted by Gasteiger charge is 2.22. The van der Waals surface area contributed by atoms with Gasteiger partial charge in [0, 0.05) is 19.6 Å². The normalized spacial score (nSPS) is 16.3. The highest BCUT2D eigenvalue weighted by molar-refractivity contribution is 5.77. The number of guanidine groups is 1. The maximum atomic E-state index is 6.14. The molecule has 0 aromatic heterocycles. The average Bonchev–Trinajstić information content (AvgIpc) is 2.79. The first-order valence-electron chi connectivity index (χ1n) is 9.82. The molecule has 0 saturated carbocycles. The van der Waals surface area contributed by atoms with E-state index < -0.39 is 0 Å². The number of nitrogens with zero attached hydrogens (tertiary/aromatic N) is 2. The first-order valence-corrected chi connectivity index (χ1v) is 9.82. The Labute approximate surface area is 172 Å². The van der Waals surface area contributed by atoms with E-state index in [2.05, 4.69) is 39.5 Å². The second-order valence-electron chi connectivity index (χ2n) is 6.85. The molecule has 2 aromatic rings. The van der Waals surface area contributed by atoms with Crippen molar-refractivity contribution in [2.45, 2.75) is 12.6 Å². The fourth-order valence-electron chi connectivity index (χ4n) is 3.43. The second-order valence-corrected chi connectivity index (χ2v) is 6.85. The predicted octanol–water partition coefficient (Wildman–Crippen LogP) is 2.18. The largest absolute Gasteiger partial charge is 0.493 e. The quantitative estimate of drug-likeness (QED) is 0.524. The Kier molecular flexibility index (Phi) is 7.72. The third-order valence-corrected chi connectivity index (χ3v) is 5.03. The average molecular weight is 399 g/mol. The van der Waals surface area contributed by atoms with E-state index in [1.807, 2.05) is 24.3 Å². The zero-order chi connectivity index (χ0) is 20.5. The van der Waals surface area contributed by atoms with Gasteiger partial charge in [-0.05, 0) is 23.3 Å². The van der Waals surface area contributed by atoms with Gasteiger partial charge in [-0.15, -0.1) is 0 Å². The molecule has 156 valence electrons. The smallest absolute Gasteiger partial charge is 0.188 e. The Morgan fingerprint density at radius 1 is 1.10 bits per heavy atom. The Bertz CT molecular complexity index is 792.